The third-order valence-electron chi connectivity index (χ3n) is 4.38. The van der Waals surface area contributed by atoms with Crippen LogP contribution < -0.4 is 5.32 Å². The predicted molar refractivity (Wildman–Crippen MR) is 80.3 cm³/mol. The summed E-state index contributed by atoms with van der Waals surface area (Å²) in [6.07, 6.45) is 7.68. The molecule has 1 aliphatic heterocycles. The number of nitrogens with one attached hydrogen (secondary N) is 1. The van der Waals surface area contributed by atoms with Gasteiger partial charge in [0.05, 0.1) is 5.69 Å². The number of carbonyl (C=O) groups is 1. The van der Waals surface area contributed by atoms with Crippen LogP contribution in [-0.4, -0.2) is 35.4 Å². The molecule has 1 saturated heterocycles. The molecule has 5 nitrogen and oxygen atoms in total. The lowest BCUT2D eigenvalue weighted by atomic mass is 9.96. The van der Waals surface area contributed by atoms with Gasteiger partial charge in [-0.1, -0.05) is 11.6 Å². The van der Waals surface area contributed by atoms with Crippen molar-refractivity contribution in [2.45, 2.75) is 38.0 Å². The van der Waals surface area contributed by atoms with Crippen molar-refractivity contribution in [2.24, 2.45) is 7.05 Å². The molecule has 0 unspecified atom stereocenters. The number of aromatic nitrogens is 2. The Labute approximate surface area is 125 Å². The summed E-state index contributed by atoms with van der Waals surface area (Å²) in [4.78, 5) is 12.3. The summed E-state index contributed by atoms with van der Waals surface area (Å²) in [6.45, 7) is 2.24. The maximum Gasteiger partial charge on any atom is 0.269 e. The largest absolute Gasteiger partial charge is 0.381 e. The second-order valence-electron chi connectivity index (χ2n) is 5.90. The van der Waals surface area contributed by atoms with Crippen LogP contribution in [0.4, 0.5) is 0 Å². The smallest absolute Gasteiger partial charge is 0.269 e. The van der Waals surface area contributed by atoms with Gasteiger partial charge in [0.15, 0.2) is 0 Å². The van der Waals surface area contributed by atoms with Crippen LogP contribution in [0.25, 0.3) is 0 Å². The molecular weight excluding hydrogens is 266 g/mol. The maximum atomic E-state index is 12.3. The van der Waals surface area contributed by atoms with Crippen LogP contribution in [-0.2, 0) is 11.8 Å². The van der Waals surface area contributed by atoms with Gasteiger partial charge < -0.3 is 10.1 Å². The highest BCUT2D eigenvalue weighted by Gasteiger charge is 2.22. The zero-order chi connectivity index (χ0) is 14.7. The molecule has 1 amide bonds. The fourth-order valence-electron chi connectivity index (χ4n) is 3.08. The van der Waals surface area contributed by atoms with E-state index in [-0.39, 0.29) is 5.91 Å². The second-order valence-corrected chi connectivity index (χ2v) is 5.90. The molecule has 1 aliphatic carbocycles. The monoisotopic (exact) mass is 289 g/mol. The molecule has 1 aromatic heterocycles. The number of hydrogen-bond acceptors (Lipinski definition) is 3. The van der Waals surface area contributed by atoms with Gasteiger partial charge in [0.2, 0.25) is 0 Å². The normalized spacial score (nSPS) is 19.6. The Morgan fingerprint density at radius 1 is 1.48 bits per heavy atom. The van der Waals surface area contributed by atoms with Crippen LogP contribution in [0.2, 0.25) is 0 Å². The van der Waals surface area contributed by atoms with Crippen molar-refractivity contribution < 1.29 is 9.53 Å². The first-order valence-electron chi connectivity index (χ1n) is 7.82. The van der Waals surface area contributed by atoms with Gasteiger partial charge in [0.1, 0.15) is 5.69 Å². The van der Waals surface area contributed by atoms with Crippen LogP contribution in [0, 0.1) is 0 Å². The molecule has 3 rings (SSSR count). The highest BCUT2D eigenvalue weighted by Crippen LogP contribution is 2.26. The summed E-state index contributed by atoms with van der Waals surface area (Å²) in [5, 5.41) is 7.53. The minimum atomic E-state index is -0.0314. The van der Waals surface area contributed by atoms with E-state index in [2.05, 4.69) is 16.5 Å². The first kappa shape index (κ1) is 14.3. The Bertz CT molecular complexity index is 542. The van der Waals surface area contributed by atoms with E-state index >= 15 is 0 Å². The zero-order valence-corrected chi connectivity index (χ0v) is 12.6. The third kappa shape index (κ3) is 3.35. The first-order chi connectivity index (χ1) is 10.2. The predicted octanol–water partition coefficient (Wildman–Crippen LogP) is 2.15. The van der Waals surface area contributed by atoms with Gasteiger partial charge in [0, 0.05) is 32.7 Å². The van der Waals surface area contributed by atoms with E-state index in [1.807, 2.05) is 13.1 Å². The van der Waals surface area contributed by atoms with Crippen molar-refractivity contribution in [3.63, 3.8) is 0 Å². The molecule has 0 bridgehead atoms. The van der Waals surface area contributed by atoms with Gasteiger partial charge in [-0.15, -0.1) is 0 Å². The topological polar surface area (TPSA) is 56.2 Å². The lowest BCUT2D eigenvalue weighted by Gasteiger charge is -2.19. The summed E-state index contributed by atoms with van der Waals surface area (Å²) >= 11 is 0. The Kier molecular flexibility index (Phi) is 4.39. The first-order valence-corrected chi connectivity index (χ1v) is 7.82. The number of hydrogen-bond donors (Lipinski definition) is 1. The van der Waals surface area contributed by atoms with Gasteiger partial charge >= 0.3 is 0 Å². The number of carbonyl (C=O) groups excluding carboxylic acids is 1. The van der Waals surface area contributed by atoms with Crippen molar-refractivity contribution in [3.05, 3.63) is 29.1 Å². The number of rotatable bonds is 4. The van der Waals surface area contributed by atoms with Gasteiger partial charge in [-0.25, -0.2) is 0 Å². The van der Waals surface area contributed by atoms with Crippen LogP contribution in [0.3, 0.4) is 0 Å². The van der Waals surface area contributed by atoms with Crippen molar-refractivity contribution in [1.82, 2.24) is 15.1 Å². The molecule has 0 aromatic carbocycles. The Hall–Kier alpha value is -1.62. The summed E-state index contributed by atoms with van der Waals surface area (Å²) in [7, 11) is 1.84. The fraction of sp³-hybridized carbons (Fsp3) is 0.625. The highest BCUT2D eigenvalue weighted by atomic mass is 16.5. The average molecular weight is 289 g/mol. The van der Waals surface area contributed by atoms with E-state index in [9.17, 15) is 4.79 Å². The fourth-order valence-corrected chi connectivity index (χ4v) is 3.08. The second kappa shape index (κ2) is 6.43. The van der Waals surface area contributed by atoms with E-state index in [1.54, 1.807) is 4.68 Å². The van der Waals surface area contributed by atoms with Crippen molar-refractivity contribution >= 4 is 5.91 Å². The van der Waals surface area contributed by atoms with Gasteiger partial charge in [-0.3, -0.25) is 9.48 Å². The molecule has 1 aromatic rings. The molecular formula is C16H23N3O2. The molecule has 5 heteroatoms. The molecule has 2 heterocycles. The van der Waals surface area contributed by atoms with Gasteiger partial charge in [-0.2, -0.15) is 5.10 Å². The Balaban J connectivity index is 1.63. The van der Waals surface area contributed by atoms with Crippen LogP contribution in [0.15, 0.2) is 17.7 Å². The standard InChI is InChI=1S/C16H23N3O2/c1-19-15(16(20)17-11-12-4-2-3-5-12)10-14(18-19)13-6-8-21-9-7-13/h4,10,13H,2-3,5-9,11H2,1H3,(H,17,20). The zero-order valence-electron chi connectivity index (χ0n) is 12.6. The summed E-state index contributed by atoms with van der Waals surface area (Å²) in [6, 6.07) is 1.94. The lowest BCUT2D eigenvalue weighted by Crippen LogP contribution is -2.27. The van der Waals surface area contributed by atoms with E-state index < -0.39 is 0 Å². The molecule has 114 valence electrons. The molecule has 1 fully saturated rings. The average Bonchev–Trinajstić information content (AvgIpc) is 3.15. The maximum absolute atomic E-state index is 12.3. The summed E-state index contributed by atoms with van der Waals surface area (Å²) < 4.78 is 7.08. The highest BCUT2D eigenvalue weighted by molar-refractivity contribution is 5.92. The van der Waals surface area contributed by atoms with Crippen LogP contribution >= 0.6 is 0 Å². The Morgan fingerprint density at radius 3 is 3.00 bits per heavy atom. The molecule has 0 atom stereocenters. The van der Waals surface area contributed by atoms with Crippen LogP contribution in [0.5, 0.6) is 0 Å². The Morgan fingerprint density at radius 2 is 2.29 bits per heavy atom. The summed E-state index contributed by atoms with van der Waals surface area (Å²) in [5.41, 5.74) is 3.01. The minimum absolute atomic E-state index is 0.0314. The van der Waals surface area contributed by atoms with E-state index in [4.69, 9.17) is 4.74 Å². The lowest BCUT2D eigenvalue weighted by molar-refractivity contribution is 0.0844. The number of amides is 1. The molecule has 0 saturated carbocycles. The molecule has 0 spiro atoms. The number of nitrogens with zero attached hydrogens (tertiary/aromatic N) is 2. The van der Waals surface area contributed by atoms with Crippen molar-refractivity contribution in [1.29, 1.82) is 0 Å². The molecule has 1 N–H and O–H groups in total. The molecule has 0 radical (unpaired) electrons. The van der Waals surface area contributed by atoms with Crippen molar-refractivity contribution in [2.75, 3.05) is 19.8 Å². The number of allylic oxidation sites excluding steroid dienone is 1. The SMILES string of the molecule is Cn1nc(C2CCOCC2)cc1C(=O)NCC1=CCCC1. The summed E-state index contributed by atoms with van der Waals surface area (Å²) in [5.74, 6) is 0.389. The molecule has 21 heavy (non-hydrogen) atoms. The number of aryl methyl sites for hydroxylation is 1. The molecule has 2 aliphatic rings. The minimum Gasteiger partial charge on any atom is -0.381 e. The van der Waals surface area contributed by atoms with Gasteiger partial charge in [-0.05, 0) is 38.2 Å². The van der Waals surface area contributed by atoms with E-state index in [0.29, 0.717) is 18.2 Å². The quantitative estimate of drug-likeness (QED) is 0.864. The van der Waals surface area contributed by atoms with Crippen molar-refractivity contribution in [3.8, 4) is 0 Å². The van der Waals surface area contributed by atoms with E-state index in [1.165, 1.54) is 12.0 Å². The van der Waals surface area contributed by atoms with Crippen LogP contribution in [0.1, 0.15) is 54.2 Å². The number of ether oxygens (including phenoxy) is 1. The van der Waals surface area contributed by atoms with Gasteiger partial charge in [0.25, 0.3) is 5.91 Å². The van der Waals surface area contributed by atoms with E-state index in [0.717, 1.165) is 44.6 Å². The third-order valence-corrected chi connectivity index (χ3v) is 4.38.